The molecule has 0 aliphatic heterocycles. The van der Waals surface area contributed by atoms with Crippen LogP contribution in [-0.2, 0) is 4.79 Å². The number of nitrogens with one attached hydrogen (secondary N) is 2. The molecular formula is C24H22N4O3S. The first-order valence-corrected chi connectivity index (χ1v) is 11.0. The van der Waals surface area contributed by atoms with Crippen LogP contribution in [0.4, 0.5) is 11.4 Å². The Hall–Kier alpha value is -3.78. The summed E-state index contributed by atoms with van der Waals surface area (Å²) < 4.78 is 7.04. The zero-order valence-corrected chi connectivity index (χ0v) is 18.5. The molecule has 2 aromatic heterocycles. The van der Waals surface area contributed by atoms with Crippen molar-refractivity contribution in [2.24, 2.45) is 0 Å². The van der Waals surface area contributed by atoms with Crippen LogP contribution in [0.15, 0.2) is 82.8 Å². The number of amides is 2. The van der Waals surface area contributed by atoms with Gasteiger partial charge in [0.05, 0.1) is 12.0 Å². The molecule has 8 heteroatoms. The fourth-order valence-corrected chi connectivity index (χ4v) is 3.81. The van der Waals surface area contributed by atoms with Crippen LogP contribution in [0.1, 0.15) is 21.7 Å². The summed E-state index contributed by atoms with van der Waals surface area (Å²) in [6.07, 6.45) is 5.06. The summed E-state index contributed by atoms with van der Waals surface area (Å²) >= 11 is 1.37. The third kappa shape index (κ3) is 5.09. The lowest BCUT2D eigenvalue weighted by Crippen LogP contribution is -2.15. The standard InChI is InChI=1S/C24H22N4O3S/c1-16-5-10-20(14-17(16)2)28-12-11-25-24(28)32-15-22(29)26-18-6-8-19(9-7-18)27-23(30)21-4-3-13-31-21/h3-14H,15H2,1-2H3,(H,26,29)(H,27,30). The fraction of sp³-hybridized carbons (Fsp3) is 0.125. The first-order chi connectivity index (χ1) is 15.5. The molecule has 0 aliphatic rings. The summed E-state index contributed by atoms with van der Waals surface area (Å²) in [6.45, 7) is 4.15. The van der Waals surface area contributed by atoms with Crippen molar-refractivity contribution >= 4 is 35.0 Å². The number of hydrogen-bond donors (Lipinski definition) is 2. The van der Waals surface area contributed by atoms with Crippen LogP contribution in [0.2, 0.25) is 0 Å². The number of aromatic nitrogens is 2. The molecular weight excluding hydrogens is 424 g/mol. The SMILES string of the molecule is Cc1ccc(-n2ccnc2SCC(=O)Nc2ccc(NC(=O)c3ccco3)cc2)cc1C. The Morgan fingerprint density at radius 3 is 2.44 bits per heavy atom. The van der Waals surface area contributed by atoms with Crippen LogP contribution in [0.25, 0.3) is 5.69 Å². The van der Waals surface area contributed by atoms with E-state index in [2.05, 4.69) is 41.6 Å². The normalized spacial score (nSPS) is 10.7. The summed E-state index contributed by atoms with van der Waals surface area (Å²) in [5.74, 6) is -0.0169. The second-order valence-electron chi connectivity index (χ2n) is 7.19. The third-order valence-electron chi connectivity index (χ3n) is 4.88. The van der Waals surface area contributed by atoms with Crippen molar-refractivity contribution in [2.45, 2.75) is 19.0 Å². The summed E-state index contributed by atoms with van der Waals surface area (Å²) in [7, 11) is 0. The van der Waals surface area contributed by atoms with Crippen molar-refractivity contribution in [3.63, 3.8) is 0 Å². The first-order valence-electron chi connectivity index (χ1n) is 9.98. The number of carbonyl (C=O) groups excluding carboxylic acids is 2. The van der Waals surface area contributed by atoms with Gasteiger partial charge in [-0.25, -0.2) is 4.98 Å². The molecule has 0 fully saturated rings. The minimum atomic E-state index is -0.331. The number of carbonyl (C=O) groups is 2. The van der Waals surface area contributed by atoms with Gasteiger partial charge in [0, 0.05) is 29.5 Å². The van der Waals surface area contributed by atoms with Crippen molar-refractivity contribution in [3.05, 3.63) is 90.1 Å². The van der Waals surface area contributed by atoms with Gasteiger partial charge in [-0.1, -0.05) is 17.8 Å². The molecule has 0 bridgehead atoms. The maximum Gasteiger partial charge on any atom is 0.291 e. The quantitative estimate of drug-likeness (QED) is 0.387. The lowest BCUT2D eigenvalue weighted by atomic mass is 10.1. The molecule has 0 spiro atoms. The van der Waals surface area contributed by atoms with Crippen molar-refractivity contribution in [1.82, 2.24) is 9.55 Å². The van der Waals surface area contributed by atoms with E-state index in [1.54, 1.807) is 42.6 Å². The van der Waals surface area contributed by atoms with Crippen LogP contribution in [-0.4, -0.2) is 27.1 Å². The minimum absolute atomic E-state index is 0.142. The van der Waals surface area contributed by atoms with E-state index in [0.717, 1.165) is 10.8 Å². The third-order valence-corrected chi connectivity index (χ3v) is 5.85. The van der Waals surface area contributed by atoms with Gasteiger partial charge in [-0.2, -0.15) is 0 Å². The Bertz CT molecular complexity index is 1230. The molecule has 162 valence electrons. The predicted octanol–water partition coefficient (Wildman–Crippen LogP) is 5.07. The number of aryl methyl sites for hydroxylation is 2. The summed E-state index contributed by atoms with van der Waals surface area (Å²) in [4.78, 5) is 28.8. The highest BCUT2D eigenvalue weighted by molar-refractivity contribution is 7.99. The highest BCUT2D eigenvalue weighted by Gasteiger charge is 2.11. The Kier molecular flexibility index (Phi) is 6.42. The molecule has 0 saturated carbocycles. The van der Waals surface area contributed by atoms with Gasteiger partial charge in [0.1, 0.15) is 0 Å². The number of hydrogen-bond acceptors (Lipinski definition) is 5. The molecule has 2 amide bonds. The Morgan fingerprint density at radius 1 is 1.00 bits per heavy atom. The van der Waals surface area contributed by atoms with Gasteiger partial charge >= 0.3 is 0 Å². The largest absolute Gasteiger partial charge is 0.459 e. The molecule has 0 unspecified atom stereocenters. The van der Waals surface area contributed by atoms with Gasteiger partial charge in [0.15, 0.2) is 10.9 Å². The molecule has 2 heterocycles. The second kappa shape index (κ2) is 9.57. The van der Waals surface area contributed by atoms with Crippen LogP contribution < -0.4 is 10.6 Å². The molecule has 0 saturated heterocycles. The van der Waals surface area contributed by atoms with Gasteiger partial charge in [0.25, 0.3) is 5.91 Å². The molecule has 0 atom stereocenters. The monoisotopic (exact) mass is 446 g/mol. The number of nitrogens with zero attached hydrogens (tertiary/aromatic N) is 2. The van der Waals surface area contributed by atoms with E-state index in [-0.39, 0.29) is 23.3 Å². The molecule has 4 rings (SSSR count). The number of rotatable bonds is 7. The van der Waals surface area contributed by atoms with Crippen molar-refractivity contribution in [1.29, 1.82) is 0 Å². The Morgan fingerprint density at radius 2 is 1.75 bits per heavy atom. The van der Waals surface area contributed by atoms with Gasteiger partial charge in [-0.3, -0.25) is 14.2 Å². The molecule has 32 heavy (non-hydrogen) atoms. The van der Waals surface area contributed by atoms with Crippen LogP contribution in [0.5, 0.6) is 0 Å². The molecule has 7 nitrogen and oxygen atoms in total. The van der Waals surface area contributed by atoms with Gasteiger partial charge in [-0.05, 0) is 73.5 Å². The minimum Gasteiger partial charge on any atom is -0.459 e. The number of anilines is 2. The average molecular weight is 447 g/mol. The van der Waals surface area contributed by atoms with Crippen molar-refractivity contribution < 1.29 is 14.0 Å². The lowest BCUT2D eigenvalue weighted by molar-refractivity contribution is -0.113. The molecule has 4 aromatic rings. The molecule has 0 radical (unpaired) electrons. The zero-order valence-electron chi connectivity index (χ0n) is 17.7. The van der Waals surface area contributed by atoms with E-state index in [1.807, 2.05) is 16.8 Å². The number of benzene rings is 2. The van der Waals surface area contributed by atoms with Crippen LogP contribution >= 0.6 is 11.8 Å². The molecule has 2 N–H and O–H groups in total. The fourth-order valence-electron chi connectivity index (χ4n) is 3.03. The Labute approximate surface area is 189 Å². The smallest absolute Gasteiger partial charge is 0.291 e. The molecule has 0 aliphatic carbocycles. The van der Waals surface area contributed by atoms with Crippen LogP contribution in [0.3, 0.4) is 0 Å². The van der Waals surface area contributed by atoms with E-state index in [4.69, 9.17) is 4.42 Å². The highest BCUT2D eigenvalue weighted by Crippen LogP contribution is 2.23. The maximum atomic E-state index is 12.4. The first kappa shape index (κ1) is 21.5. The number of imidazole rings is 1. The van der Waals surface area contributed by atoms with Crippen molar-refractivity contribution in [2.75, 3.05) is 16.4 Å². The number of furan rings is 1. The summed E-state index contributed by atoms with van der Waals surface area (Å²) in [5, 5.41) is 6.35. The van der Waals surface area contributed by atoms with E-state index in [1.165, 1.54) is 29.2 Å². The zero-order chi connectivity index (χ0) is 22.5. The van der Waals surface area contributed by atoms with Gasteiger partial charge in [-0.15, -0.1) is 0 Å². The van der Waals surface area contributed by atoms with E-state index < -0.39 is 0 Å². The second-order valence-corrected chi connectivity index (χ2v) is 8.14. The van der Waals surface area contributed by atoms with Gasteiger partial charge < -0.3 is 15.1 Å². The van der Waals surface area contributed by atoms with Crippen LogP contribution in [0, 0.1) is 13.8 Å². The lowest BCUT2D eigenvalue weighted by Gasteiger charge is -2.10. The highest BCUT2D eigenvalue weighted by atomic mass is 32.2. The average Bonchev–Trinajstić information content (AvgIpc) is 3.48. The van der Waals surface area contributed by atoms with E-state index in [9.17, 15) is 9.59 Å². The topological polar surface area (TPSA) is 89.2 Å². The van der Waals surface area contributed by atoms with E-state index in [0.29, 0.717) is 11.4 Å². The van der Waals surface area contributed by atoms with E-state index >= 15 is 0 Å². The molecule has 2 aromatic carbocycles. The summed E-state index contributed by atoms with van der Waals surface area (Å²) in [5.41, 5.74) is 4.70. The predicted molar refractivity (Wildman–Crippen MR) is 125 cm³/mol. The summed E-state index contributed by atoms with van der Waals surface area (Å²) in [6, 6.07) is 16.4. The Balaban J connectivity index is 1.32. The van der Waals surface area contributed by atoms with Gasteiger partial charge in [0.2, 0.25) is 5.91 Å². The maximum absolute atomic E-state index is 12.4. The number of thioether (sulfide) groups is 1. The van der Waals surface area contributed by atoms with Crippen molar-refractivity contribution in [3.8, 4) is 5.69 Å².